The molecule has 0 aliphatic carbocycles. The van der Waals surface area contributed by atoms with Crippen molar-refractivity contribution in [2.45, 2.75) is 18.5 Å². The Labute approximate surface area is 212 Å². The number of rotatable bonds is 3. The van der Waals surface area contributed by atoms with E-state index in [9.17, 15) is 14.7 Å². The molecule has 37 heavy (non-hydrogen) atoms. The lowest BCUT2D eigenvalue weighted by Crippen LogP contribution is -2.40. The molecule has 1 saturated heterocycles. The van der Waals surface area contributed by atoms with Crippen molar-refractivity contribution in [3.8, 4) is 22.7 Å². The van der Waals surface area contributed by atoms with Crippen LogP contribution in [0.25, 0.3) is 27.6 Å². The first kappa shape index (κ1) is 21.5. The molecule has 2 aliphatic rings. The molecule has 182 valence electrons. The van der Waals surface area contributed by atoms with Crippen molar-refractivity contribution in [1.82, 2.24) is 14.0 Å². The van der Waals surface area contributed by atoms with E-state index in [4.69, 9.17) is 0 Å². The van der Waals surface area contributed by atoms with Gasteiger partial charge in [0.1, 0.15) is 5.69 Å². The number of likely N-dealkylation sites (tertiary alicyclic amines) is 1. The lowest BCUT2D eigenvalue weighted by Gasteiger charge is -2.28. The molecule has 2 N–H and O–H groups in total. The van der Waals surface area contributed by atoms with E-state index in [1.54, 1.807) is 9.47 Å². The van der Waals surface area contributed by atoms with E-state index in [0.29, 0.717) is 24.3 Å². The van der Waals surface area contributed by atoms with Gasteiger partial charge in [-0.2, -0.15) is 0 Å². The van der Waals surface area contributed by atoms with Gasteiger partial charge in [-0.25, -0.2) is 14.2 Å². The number of aromatic nitrogens is 2. The van der Waals surface area contributed by atoms with Gasteiger partial charge in [-0.3, -0.25) is 4.57 Å². The Bertz CT molecular complexity index is 1730. The molecule has 7 nitrogen and oxygen atoms in total. The van der Waals surface area contributed by atoms with Crippen molar-refractivity contribution in [2.24, 2.45) is 0 Å². The summed E-state index contributed by atoms with van der Waals surface area (Å²) in [6.07, 6.45) is 0.613. The molecule has 1 aromatic heterocycles. The molecule has 3 heterocycles. The molecule has 4 aromatic carbocycles. The SMILES string of the molecule is O=C(Nc1ccccc1-c1ccccc1)N1C[C@@H]2C[C@H]1c1c(O)n(-c3cccc4ccccc34)c(=O)n12. The Balaban J connectivity index is 1.24. The second-order valence-electron chi connectivity index (χ2n) is 9.59. The minimum absolute atomic E-state index is 0.101. The highest BCUT2D eigenvalue weighted by molar-refractivity contribution is 5.95. The van der Waals surface area contributed by atoms with E-state index < -0.39 is 0 Å². The van der Waals surface area contributed by atoms with Crippen molar-refractivity contribution in [2.75, 3.05) is 11.9 Å². The highest BCUT2D eigenvalue weighted by Gasteiger charge is 2.49. The van der Waals surface area contributed by atoms with Crippen molar-refractivity contribution < 1.29 is 9.90 Å². The third-order valence-electron chi connectivity index (χ3n) is 7.58. The largest absolute Gasteiger partial charge is 0.493 e. The Morgan fingerprint density at radius 2 is 1.59 bits per heavy atom. The molecule has 5 aromatic rings. The van der Waals surface area contributed by atoms with Crippen molar-refractivity contribution in [1.29, 1.82) is 0 Å². The quantitative estimate of drug-likeness (QED) is 0.342. The fraction of sp³-hybridized carbons (Fsp3) is 0.133. The number of para-hydroxylation sites is 1. The van der Waals surface area contributed by atoms with Crippen molar-refractivity contribution in [3.05, 3.63) is 113 Å². The van der Waals surface area contributed by atoms with Gasteiger partial charge in [0.2, 0.25) is 5.88 Å². The van der Waals surface area contributed by atoms with Gasteiger partial charge in [-0.1, -0.05) is 84.9 Å². The Hall–Kier alpha value is -4.78. The van der Waals surface area contributed by atoms with Gasteiger partial charge in [-0.05, 0) is 29.5 Å². The molecule has 2 atom stereocenters. The highest BCUT2D eigenvalue weighted by Crippen LogP contribution is 2.49. The lowest BCUT2D eigenvalue weighted by molar-refractivity contribution is 0.198. The molecular formula is C30H24N4O3. The van der Waals surface area contributed by atoms with Crippen LogP contribution in [0.5, 0.6) is 5.88 Å². The maximum atomic E-state index is 13.5. The minimum Gasteiger partial charge on any atom is -0.493 e. The third kappa shape index (κ3) is 3.20. The van der Waals surface area contributed by atoms with Gasteiger partial charge in [0.25, 0.3) is 0 Å². The van der Waals surface area contributed by atoms with Gasteiger partial charge < -0.3 is 15.3 Å². The van der Waals surface area contributed by atoms with Crippen LogP contribution in [0, 0.1) is 0 Å². The number of benzene rings is 4. The van der Waals surface area contributed by atoms with Gasteiger partial charge in [0.05, 0.1) is 23.5 Å². The number of aromatic hydroxyl groups is 1. The predicted molar refractivity (Wildman–Crippen MR) is 143 cm³/mol. The molecule has 2 amide bonds. The predicted octanol–water partition coefficient (Wildman–Crippen LogP) is 5.70. The fourth-order valence-corrected chi connectivity index (χ4v) is 5.94. The zero-order valence-corrected chi connectivity index (χ0v) is 19.9. The van der Waals surface area contributed by atoms with Crippen LogP contribution in [-0.2, 0) is 0 Å². The molecule has 1 fully saturated rings. The summed E-state index contributed by atoms with van der Waals surface area (Å²) in [4.78, 5) is 28.7. The zero-order chi connectivity index (χ0) is 25.1. The summed E-state index contributed by atoms with van der Waals surface area (Å²) in [5, 5.41) is 16.3. The number of hydrogen-bond donors (Lipinski definition) is 2. The van der Waals surface area contributed by atoms with E-state index in [1.165, 1.54) is 4.57 Å². The summed E-state index contributed by atoms with van der Waals surface area (Å²) in [6, 6.07) is 30.3. The van der Waals surface area contributed by atoms with E-state index in [0.717, 1.165) is 27.6 Å². The van der Waals surface area contributed by atoms with E-state index in [2.05, 4.69) is 5.32 Å². The molecule has 7 rings (SSSR count). The summed E-state index contributed by atoms with van der Waals surface area (Å²) in [5.41, 5.74) is 3.53. The first-order valence-corrected chi connectivity index (χ1v) is 12.4. The van der Waals surface area contributed by atoms with Crippen LogP contribution in [0.1, 0.15) is 24.2 Å². The molecule has 2 bridgehead atoms. The van der Waals surface area contributed by atoms with Crippen LogP contribution in [0.15, 0.2) is 102 Å². The number of carbonyl (C=O) groups excluding carboxylic acids is 1. The maximum Gasteiger partial charge on any atom is 0.336 e. The van der Waals surface area contributed by atoms with Crippen LogP contribution in [-0.4, -0.2) is 31.7 Å². The standard InChI is InChI=1S/C30H24N4O3/c35-28-27-26-17-21(33(27)30(37)34(28)25-16-8-12-20-11-4-5-14-23(20)25)18-32(26)29(36)31-24-15-7-6-13-22(24)19-9-2-1-3-10-19/h1-16,21,26,35H,17-18H2,(H,31,36)/t21-,26-/m0/s1. The average molecular weight is 489 g/mol. The van der Waals surface area contributed by atoms with Crippen LogP contribution in [0.2, 0.25) is 0 Å². The van der Waals surface area contributed by atoms with Crippen LogP contribution in [0.4, 0.5) is 10.5 Å². The van der Waals surface area contributed by atoms with Crippen LogP contribution < -0.4 is 11.0 Å². The second-order valence-corrected chi connectivity index (χ2v) is 9.59. The molecule has 0 radical (unpaired) electrons. The summed E-state index contributed by atoms with van der Waals surface area (Å²) in [5.74, 6) is -0.101. The minimum atomic E-state index is -0.377. The van der Waals surface area contributed by atoms with E-state index in [1.807, 2.05) is 97.1 Å². The molecular weight excluding hydrogens is 464 g/mol. The zero-order valence-electron chi connectivity index (χ0n) is 19.9. The highest BCUT2D eigenvalue weighted by atomic mass is 16.3. The van der Waals surface area contributed by atoms with Gasteiger partial charge in [0.15, 0.2) is 0 Å². The van der Waals surface area contributed by atoms with Crippen molar-refractivity contribution in [3.63, 3.8) is 0 Å². The Kier molecular flexibility index (Phi) is 4.72. The van der Waals surface area contributed by atoms with Gasteiger partial charge >= 0.3 is 11.7 Å². The molecule has 0 saturated carbocycles. The summed E-state index contributed by atoms with van der Waals surface area (Å²) in [6.45, 7) is 0.413. The smallest absolute Gasteiger partial charge is 0.336 e. The third-order valence-corrected chi connectivity index (χ3v) is 7.58. The van der Waals surface area contributed by atoms with Crippen molar-refractivity contribution >= 4 is 22.5 Å². The Morgan fingerprint density at radius 3 is 2.46 bits per heavy atom. The van der Waals surface area contributed by atoms with E-state index >= 15 is 0 Å². The van der Waals surface area contributed by atoms with E-state index in [-0.39, 0.29) is 29.7 Å². The molecule has 0 unspecified atom stereocenters. The van der Waals surface area contributed by atoms with Crippen LogP contribution in [0.3, 0.4) is 0 Å². The summed E-state index contributed by atoms with van der Waals surface area (Å²) in [7, 11) is 0. The maximum absolute atomic E-state index is 13.5. The first-order chi connectivity index (χ1) is 18.1. The first-order valence-electron chi connectivity index (χ1n) is 12.4. The number of nitrogens with one attached hydrogen (secondary N) is 1. The number of urea groups is 1. The second kappa shape index (κ2) is 8.13. The van der Waals surface area contributed by atoms with Gasteiger partial charge in [0, 0.05) is 17.5 Å². The molecule has 7 heteroatoms. The fourth-order valence-electron chi connectivity index (χ4n) is 5.94. The number of nitrogens with zero attached hydrogens (tertiary/aromatic N) is 3. The average Bonchev–Trinajstić information content (AvgIpc) is 3.60. The monoisotopic (exact) mass is 488 g/mol. The van der Waals surface area contributed by atoms with Gasteiger partial charge in [-0.15, -0.1) is 0 Å². The topological polar surface area (TPSA) is 79.5 Å². The Morgan fingerprint density at radius 1 is 0.865 bits per heavy atom. The number of hydrogen-bond acceptors (Lipinski definition) is 3. The molecule has 2 aliphatic heterocycles. The number of imidazole rings is 1. The summed E-state index contributed by atoms with van der Waals surface area (Å²) < 4.78 is 3.05. The number of amides is 2. The summed E-state index contributed by atoms with van der Waals surface area (Å²) >= 11 is 0. The van der Waals surface area contributed by atoms with Crippen LogP contribution >= 0.6 is 0 Å². The normalized spacial score (nSPS) is 17.8. The number of anilines is 1. The number of carbonyl (C=O) groups is 1. The molecule has 0 spiro atoms. The number of fused-ring (bicyclic) bond motifs is 6. The lowest BCUT2D eigenvalue weighted by atomic mass is 10.0.